The Bertz CT molecular complexity index is 541. The van der Waals surface area contributed by atoms with Gasteiger partial charge >= 0.3 is 0 Å². The van der Waals surface area contributed by atoms with E-state index in [0.29, 0.717) is 12.1 Å². The van der Waals surface area contributed by atoms with Crippen LogP contribution in [-0.2, 0) is 4.74 Å². The number of methoxy groups -OCH3 is 1. The Hall–Kier alpha value is -1.28. The monoisotopic (exact) mass is 215 g/mol. The number of aromatic nitrogens is 1. The van der Waals surface area contributed by atoms with Crippen LogP contribution in [0.2, 0.25) is 0 Å². The Kier molecular flexibility index (Phi) is 2.08. The molecule has 0 bridgehead atoms. The summed E-state index contributed by atoms with van der Waals surface area (Å²) in [6.45, 7) is 4.33. The third-order valence-electron chi connectivity index (χ3n) is 3.52. The largest absolute Gasteiger partial charge is 0.379 e. The highest BCUT2D eigenvalue weighted by atomic mass is 16.5. The second kappa shape index (κ2) is 3.36. The van der Waals surface area contributed by atoms with E-state index in [0.717, 1.165) is 6.42 Å². The van der Waals surface area contributed by atoms with Gasteiger partial charge in [0.25, 0.3) is 0 Å². The first-order chi connectivity index (χ1) is 7.70. The van der Waals surface area contributed by atoms with E-state index in [2.05, 4.69) is 42.7 Å². The Labute approximate surface area is 95.8 Å². The van der Waals surface area contributed by atoms with Crippen molar-refractivity contribution >= 4 is 10.9 Å². The van der Waals surface area contributed by atoms with Gasteiger partial charge in [-0.15, -0.1) is 0 Å². The molecule has 1 unspecified atom stereocenters. The highest BCUT2D eigenvalue weighted by Gasteiger charge is 2.40. The van der Waals surface area contributed by atoms with E-state index in [1.54, 1.807) is 7.11 Å². The molecule has 0 N–H and O–H groups in total. The molecule has 2 aromatic rings. The highest BCUT2D eigenvalue weighted by Crippen LogP contribution is 2.42. The van der Waals surface area contributed by atoms with Gasteiger partial charge in [0.05, 0.1) is 12.1 Å². The van der Waals surface area contributed by atoms with E-state index in [9.17, 15) is 0 Å². The summed E-state index contributed by atoms with van der Waals surface area (Å²) in [4.78, 5) is 0. The predicted molar refractivity (Wildman–Crippen MR) is 65.9 cm³/mol. The zero-order valence-corrected chi connectivity index (χ0v) is 10.0. The van der Waals surface area contributed by atoms with Crippen molar-refractivity contribution in [3.63, 3.8) is 0 Å². The maximum atomic E-state index is 5.41. The maximum absolute atomic E-state index is 5.41. The molecule has 1 heterocycles. The first kappa shape index (κ1) is 9.91. The maximum Gasteiger partial charge on any atom is 0.0800 e. The van der Waals surface area contributed by atoms with Gasteiger partial charge in [-0.2, -0.15) is 0 Å². The normalized spacial score (nSPS) is 23.9. The van der Waals surface area contributed by atoms with Crippen LogP contribution in [0.1, 0.15) is 23.7 Å². The molecule has 1 aliphatic rings. The number of fused-ring (bicyclic) bond motifs is 1. The van der Waals surface area contributed by atoms with Crippen LogP contribution in [0.4, 0.5) is 0 Å². The van der Waals surface area contributed by atoms with Crippen molar-refractivity contribution in [2.24, 2.45) is 0 Å². The fourth-order valence-corrected chi connectivity index (χ4v) is 2.59. The third-order valence-corrected chi connectivity index (χ3v) is 3.52. The first-order valence-corrected chi connectivity index (χ1v) is 5.81. The van der Waals surface area contributed by atoms with Crippen molar-refractivity contribution in [2.75, 3.05) is 7.11 Å². The quantitative estimate of drug-likeness (QED) is 0.750. The van der Waals surface area contributed by atoms with Gasteiger partial charge in [-0.3, -0.25) is 0 Å². The van der Waals surface area contributed by atoms with Crippen molar-refractivity contribution in [3.05, 3.63) is 35.5 Å². The molecule has 2 nitrogen and oxygen atoms in total. The second-order valence-corrected chi connectivity index (χ2v) is 4.80. The van der Waals surface area contributed by atoms with Crippen molar-refractivity contribution in [1.82, 2.24) is 4.57 Å². The molecule has 1 aromatic heterocycles. The van der Waals surface area contributed by atoms with Gasteiger partial charge in [-0.1, -0.05) is 12.1 Å². The first-order valence-electron chi connectivity index (χ1n) is 5.81. The van der Waals surface area contributed by atoms with Crippen LogP contribution in [0.3, 0.4) is 0 Å². The lowest BCUT2D eigenvalue weighted by molar-refractivity contribution is 0.170. The minimum Gasteiger partial charge on any atom is -0.379 e. The molecule has 1 aromatic carbocycles. The number of hydrogen-bond donors (Lipinski definition) is 0. The molecular weight excluding hydrogens is 198 g/mol. The minimum atomic E-state index is 0.412. The molecule has 0 radical (unpaired) electrons. The molecule has 16 heavy (non-hydrogen) atoms. The summed E-state index contributed by atoms with van der Waals surface area (Å²) in [7, 11) is 1.80. The summed E-state index contributed by atoms with van der Waals surface area (Å²) in [6, 6.07) is 9.46. The number of aryl methyl sites for hydroxylation is 2. The molecule has 1 saturated carbocycles. The average Bonchev–Trinajstić information content (AvgIpc) is 2.95. The van der Waals surface area contributed by atoms with Crippen LogP contribution in [0.25, 0.3) is 10.9 Å². The third kappa shape index (κ3) is 1.37. The number of nitrogens with zero attached hydrogens (tertiary/aromatic N) is 1. The summed E-state index contributed by atoms with van der Waals surface area (Å²) in [5.41, 5.74) is 4.01. The molecule has 0 saturated heterocycles. The Morgan fingerprint density at radius 3 is 2.75 bits per heavy atom. The van der Waals surface area contributed by atoms with Crippen molar-refractivity contribution in [3.8, 4) is 0 Å². The zero-order valence-electron chi connectivity index (χ0n) is 10.0. The fraction of sp³-hybridized carbons (Fsp3) is 0.429. The molecule has 0 spiro atoms. The molecule has 84 valence electrons. The predicted octanol–water partition coefficient (Wildman–Crippen LogP) is 3.22. The fourth-order valence-electron chi connectivity index (χ4n) is 2.59. The van der Waals surface area contributed by atoms with Crippen LogP contribution < -0.4 is 0 Å². The summed E-state index contributed by atoms with van der Waals surface area (Å²) >= 11 is 0. The minimum absolute atomic E-state index is 0.412. The van der Waals surface area contributed by atoms with Crippen molar-refractivity contribution in [2.45, 2.75) is 32.4 Å². The number of hydrogen-bond acceptors (Lipinski definition) is 1. The summed E-state index contributed by atoms with van der Waals surface area (Å²) in [5, 5.41) is 1.34. The molecule has 1 fully saturated rings. The molecule has 0 aliphatic heterocycles. The van der Waals surface area contributed by atoms with Crippen LogP contribution in [-0.4, -0.2) is 17.8 Å². The zero-order chi connectivity index (χ0) is 11.3. The smallest absolute Gasteiger partial charge is 0.0800 e. The molecule has 2 heteroatoms. The van der Waals surface area contributed by atoms with E-state index in [1.807, 2.05) is 0 Å². The van der Waals surface area contributed by atoms with E-state index in [-0.39, 0.29) is 0 Å². The van der Waals surface area contributed by atoms with Crippen LogP contribution in [0, 0.1) is 13.8 Å². The average molecular weight is 215 g/mol. The van der Waals surface area contributed by atoms with E-state index in [1.165, 1.54) is 22.2 Å². The van der Waals surface area contributed by atoms with E-state index < -0.39 is 0 Å². The van der Waals surface area contributed by atoms with E-state index >= 15 is 0 Å². The molecular formula is C14H17NO. The number of rotatable bonds is 2. The van der Waals surface area contributed by atoms with Crippen LogP contribution in [0.5, 0.6) is 0 Å². The topological polar surface area (TPSA) is 14.2 Å². The molecule has 3 rings (SSSR count). The van der Waals surface area contributed by atoms with Gasteiger partial charge in [-0.25, -0.2) is 0 Å². The summed E-state index contributed by atoms with van der Waals surface area (Å²) in [6.07, 6.45) is 1.56. The Balaban J connectivity index is 2.15. The Morgan fingerprint density at radius 1 is 1.25 bits per heavy atom. The molecule has 2 atom stereocenters. The lowest BCUT2D eigenvalue weighted by Gasteiger charge is -2.07. The lowest BCUT2D eigenvalue weighted by atomic mass is 10.2. The standard InChI is InChI=1S/C14H17NO/c1-9-4-5-11-7-10(2)15(12(11)6-9)13-8-14(13)16-3/h4-7,13-14H,8H2,1-3H3/t13?,14-/m0/s1. The van der Waals surface area contributed by atoms with Gasteiger partial charge < -0.3 is 9.30 Å². The molecule has 1 aliphatic carbocycles. The lowest BCUT2D eigenvalue weighted by Crippen LogP contribution is -2.01. The van der Waals surface area contributed by atoms with E-state index in [4.69, 9.17) is 4.74 Å². The summed E-state index contributed by atoms with van der Waals surface area (Å²) < 4.78 is 7.84. The van der Waals surface area contributed by atoms with Crippen molar-refractivity contribution in [1.29, 1.82) is 0 Å². The number of ether oxygens (including phenoxy) is 1. The van der Waals surface area contributed by atoms with Crippen LogP contribution >= 0.6 is 0 Å². The molecule has 0 amide bonds. The SMILES string of the molecule is CO[C@H]1CC1n1c(C)cc2ccc(C)cc21. The Morgan fingerprint density at radius 2 is 2.06 bits per heavy atom. The van der Waals surface area contributed by atoms with Gasteiger partial charge in [0, 0.05) is 18.3 Å². The van der Waals surface area contributed by atoms with Gasteiger partial charge in [0.1, 0.15) is 0 Å². The second-order valence-electron chi connectivity index (χ2n) is 4.80. The van der Waals surface area contributed by atoms with Crippen molar-refractivity contribution < 1.29 is 4.74 Å². The van der Waals surface area contributed by atoms with Gasteiger partial charge in [-0.05, 0) is 43.4 Å². The van der Waals surface area contributed by atoms with Gasteiger partial charge in [0.2, 0.25) is 0 Å². The summed E-state index contributed by atoms with van der Waals surface area (Å²) in [5.74, 6) is 0. The van der Waals surface area contributed by atoms with Crippen LogP contribution in [0.15, 0.2) is 24.3 Å². The highest BCUT2D eigenvalue weighted by molar-refractivity contribution is 5.82. The number of benzene rings is 1. The van der Waals surface area contributed by atoms with Gasteiger partial charge in [0.15, 0.2) is 0 Å².